The van der Waals surface area contributed by atoms with Crippen molar-refractivity contribution in [3.8, 4) is 11.5 Å². The average Bonchev–Trinajstić information content (AvgIpc) is 2.97. The lowest BCUT2D eigenvalue weighted by atomic mass is 9.78. The topological polar surface area (TPSA) is 76.9 Å². The zero-order valence-electron chi connectivity index (χ0n) is 15.1. The lowest BCUT2D eigenvalue weighted by molar-refractivity contribution is -0.385. The molecule has 7 nitrogen and oxygen atoms in total. The van der Waals surface area contributed by atoms with Gasteiger partial charge in [-0.25, -0.2) is 0 Å². The second-order valence-corrected chi connectivity index (χ2v) is 6.98. The highest BCUT2D eigenvalue weighted by Crippen LogP contribution is 2.41. The highest BCUT2D eigenvalue weighted by Gasteiger charge is 2.39. The Bertz CT molecular complexity index is 672. The summed E-state index contributed by atoms with van der Waals surface area (Å²) >= 11 is 0. The molecule has 0 aromatic heterocycles. The first-order valence-electron chi connectivity index (χ1n) is 8.66. The number of nitro benzene ring substituents is 1. The van der Waals surface area contributed by atoms with E-state index < -0.39 is 11.5 Å². The van der Waals surface area contributed by atoms with E-state index >= 15 is 0 Å². The van der Waals surface area contributed by atoms with Crippen molar-refractivity contribution in [2.75, 3.05) is 33.3 Å². The molecule has 1 aromatic carbocycles. The normalized spacial score (nSPS) is 19.1. The molecule has 0 saturated carbocycles. The average molecular weight is 408 g/mol. The maximum absolute atomic E-state index is 12.5. The van der Waals surface area contributed by atoms with Gasteiger partial charge in [0.2, 0.25) is 0 Å². The van der Waals surface area contributed by atoms with Crippen LogP contribution in [-0.2, 0) is 6.54 Å². The first-order valence-corrected chi connectivity index (χ1v) is 8.66. The molecule has 2 fully saturated rings. The van der Waals surface area contributed by atoms with E-state index in [2.05, 4.69) is 15.0 Å². The number of alkyl halides is 2. The molecule has 10 heteroatoms. The van der Waals surface area contributed by atoms with Crippen LogP contribution in [0.5, 0.6) is 11.5 Å². The standard InChI is InChI=1S/C17H23F2N3O4.ClH/c1-25-14-8-12(13(22(23)24)9-15(14)26-16(18)19)10-21-7-4-17(11-21)2-5-20-6-3-17;/h8-9,16,20H,2-7,10-11H2,1H3;1H. The lowest BCUT2D eigenvalue weighted by Crippen LogP contribution is -2.38. The molecule has 152 valence electrons. The van der Waals surface area contributed by atoms with Gasteiger partial charge in [0.05, 0.1) is 18.1 Å². The Morgan fingerprint density at radius 2 is 2.00 bits per heavy atom. The number of nitrogens with zero attached hydrogens (tertiary/aromatic N) is 2. The Morgan fingerprint density at radius 3 is 2.59 bits per heavy atom. The number of hydrogen-bond acceptors (Lipinski definition) is 6. The molecule has 1 N–H and O–H groups in total. The van der Waals surface area contributed by atoms with Crippen molar-refractivity contribution in [1.29, 1.82) is 0 Å². The van der Waals surface area contributed by atoms with Gasteiger partial charge in [-0.15, -0.1) is 12.4 Å². The number of likely N-dealkylation sites (tertiary alicyclic amines) is 1. The van der Waals surface area contributed by atoms with Crippen molar-refractivity contribution in [1.82, 2.24) is 10.2 Å². The molecular weight excluding hydrogens is 384 g/mol. The number of benzene rings is 1. The third-order valence-electron chi connectivity index (χ3n) is 5.35. The summed E-state index contributed by atoms with van der Waals surface area (Å²) in [4.78, 5) is 13.1. The fraction of sp³-hybridized carbons (Fsp3) is 0.647. The van der Waals surface area contributed by atoms with Gasteiger partial charge in [0, 0.05) is 18.7 Å². The van der Waals surface area contributed by atoms with Crippen LogP contribution in [0, 0.1) is 15.5 Å². The number of rotatable bonds is 6. The predicted molar refractivity (Wildman–Crippen MR) is 98.0 cm³/mol. The van der Waals surface area contributed by atoms with Crippen LogP contribution in [-0.4, -0.2) is 49.7 Å². The van der Waals surface area contributed by atoms with Gasteiger partial charge in [-0.2, -0.15) is 8.78 Å². The minimum atomic E-state index is -3.08. The van der Waals surface area contributed by atoms with Gasteiger partial charge in [-0.3, -0.25) is 15.0 Å². The maximum atomic E-state index is 12.5. The molecule has 0 bridgehead atoms. The monoisotopic (exact) mass is 407 g/mol. The highest BCUT2D eigenvalue weighted by molar-refractivity contribution is 5.85. The Hall–Kier alpha value is -1.71. The van der Waals surface area contributed by atoms with Crippen molar-refractivity contribution in [3.63, 3.8) is 0 Å². The largest absolute Gasteiger partial charge is 0.493 e. The molecule has 1 aromatic rings. The zero-order chi connectivity index (χ0) is 18.7. The minimum Gasteiger partial charge on any atom is -0.493 e. The van der Waals surface area contributed by atoms with Gasteiger partial charge in [-0.1, -0.05) is 0 Å². The highest BCUT2D eigenvalue weighted by atomic mass is 35.5. The lowest BCUT2D eigenvalue weighted by Gasteiger charge is -2.33. The molecular formula is C17H24ClF2N3O4. The SMILES string of the molecule is COc1cc(CN2CCC3(CCNCC3)C2)c([N+](=O)[O-])cc1OC(F)F.Cl. The van der Waals surface area contributed by atoms with Gasteiger partial charge in [-0.05, 0) is 50.4 Å². The first-order chi connectivity index (χ1) is 12.4. The summed E-state index contributed by atoms with van der Waals surface area (Å²) in [7, 11) is 1.32. The fourth-order valence-corrected chi connectivity index (χ4v) is 4.00. The maximum Gasteiger partial charge on any atom is 0.387 e. The van der Waals surface area contributed by atoms with Crippen LogP contribution in [0.4, 0.5) is 14.5 Å². The molecule has 0 atom stereocenters. The third-order valence-corrected chi connectivity index (χ3v) is 5.35. The number of nitrogens with one attached hydrogen (secondary N) is 1. The van der Waals surface area contributed by atoms with Crippen LogP contribution < -0.4 is 14.8 Å². The van der Waals surface area contributed by atoms with Gasteiger partial charge in [0.25, 0.3) is 5.69 Å². The number of ether oxygens (including phenoxy) is 2. The number of piperidine rings is 1. The van der Waals surface area contributed by atoms with Gasteiger partial charge in [0.1, 0.15) is 0 Å². The summed E-state index contributed by atoms with van der Waals surface area (Å²) in [5.41, 5.74) is 0.496. The summed E-state index contributed by atoms with van der Waals surface area (Å²) in [6.45, 7) is 1.07. The Balaban J connectivity index is 0.00000261. The Morgan fingerprint density at radius 1 is 1.30 bits per heavy atom. The number of nitro groups is 1. The van der Waals surface area contributed by atoms with E-state index in [1.54, 1.807) is 0 Å². The third kappa shape index (κ3) is 4.97. The van der Waals surface area contributed by atoms with E-state index in [0.717, 1.165) is 51.5 Å². The van der Waals surface area contributed by atoms with E-state index in [9.17, 15) is 18.9 Å². The first kappa shape index (κ1) is 21.6. The van der Waals surface area contributed by atoms with Crippen molar-refractivity contribution in [2.45, 2.75) is 32.4 Å². The molecule has 0 radical (unpaired) electrons. The fourth-order valence-electron chi connectivity index (χ4n) is 4.00. The van der Waals surface area contributed by atoms with E-state index in [4.69, 9.17) is 4.74 Å². The molecule has 2 aliphatic rings. The van der Waals surface area contributed by atoms with Crippen molar-refractivity contribution in [3.05, 3.63) is 27.8 Å². The van der Waals surface area contributed by atoms with E-state index in [0.29, 0.717) is 12.1 Å². The Labute approximate surface area is 162 Å². The van der Waals surface area contributed by atoms with Crippen LogP contribution in [0.2, 0.25) is 0 Å². The summed E-state index contributed by atoms with van der Waals surface area (Å²) < 4.78 is 34.5. The second kappa shape index (κ2) is 8.99. The van der Waals surface area contributed by atoms with E-state index in [-0.39, 0.29) is 35.0 Å². The predicted octanol–water partition coefficient (Wildman–Crippen LogP) is 3.20. The van der Waals surface area contributed by atoms with E-state index in [1.807, 2.05) is 0 Å². The van der Waals surface area contributed by atoms with Gasteiger partial charge >= 0.3 is 6.61 Å². The van der Waals surface area contributed by atoms with Crippen molar-refractivity contribution < 1.29 is 23.2 Å². The summed E-state index contributed by atoms with van der Waals surface area (Å²) in [6.07, 6.45) is 3.29. The molecule has 0 unspecified atom stereocenters. The van der Waals surface area contributed by atoms with Crippen LogP contribution in [0.15, 0.2) is 12.1 Å². The van der Waals surface area contributed by atoms with Crippen molar-refractivity contribution >= 4 is 18.1 Å². The second-order valence-electron chi connectivity index (χ2n) is 6.98. The van der Waals surface area contributed by atoms with Gasteiger partial charge in [0.15, 0.2) is 11.5 Å². The smallest absolute Gasteiger partial charge is 0.387 e. The number of hydrogen-bond donors (Lipinski definition) is 1. The summed E-state index contributed by atoms with van der Waals surface area (Å²) in [5.74, 6) is -0.254. The molecule has 2 aliphatic heterocycles. The number of methoxy groups -OCH3 is 1. The summed E-state index contributed by atoms with van der Waals surface area (Å²) in [6, 6.07) is 2.46. The van der Waals surface area contributed by atoms with Crippen LogP contribution >= 0.6 is 12.4 Å². The zero-order valence-corrected chi connectivity index (χ0v) is 15.9. The van der Waals surface area contributed by atoms with E-state index in [1.165, 1.54) is 13.2 Å². The molecule has 27 heavy (non-hydrogen) atoms. The summed E-state index contributed by atoms with van der Waals surface area (Å²) in [5, 5.41) is 14.8. The quantitative estimate of drug-likeness (QED) is 0.576. The molecule has 2 heterocycles. The van der Waals surface area contributed by atoms with Crippen LogP contribution in [0.1, 0.15) is 24.8 Å². The van der Waals surface area contributed by atoms with Crippen LogP contribution in [0.25, 0.3) is 0 Å². The number of halogens is 3. The molecule has 1 spiro atoms. The molecule has 2 saturated heterocycles. The Kier molecular flexibility index (Phi) is 7.19. The molecule has 0 amide bonds. The van der Waals surface area contributed by atoms with Gasteiger partial charge < -0.3 is 14.8 Å². The molecule has 0 aliphatic carbocycles. The molecule has 3 rings (SSSR count). The van der Waals surface area contributed by atoms with Crippen molar-refractivity contribution in [2.24, 2.45) is 5.41 Å². The minimum absolute atomic E-state index is 0. The van der Waals surface area contributed by atoms with Crippen LogP contribution in [0.3, 0.4) is 0 Å².